The highest BCUT2D eigenvalue weighted by atomic mass is 16.3. The van der Waals surface area contributed by atoms with E-state index in [9.17, 15) is 5.11 Å². The average molecular weight is 313 g/mol. The minimum atomic E-state index is -0.0462. The second-order valence-corrected chi connectivity index (χ2v) is 9.59. The molecule has 0 spiro atoms. The summed E-state index contributed by atoms with van der Waals surface area (Å²) in [5.41, 5.74) is 2.32. The number of hydrogen-bond donors (Lipinski definition) is 1. The molecule has 2 nitrogen and oxygen atoms in total. The number of fused-ring (bicyclic) bond motifs is 5. The van der Waals surface area contributed by atoms with E-state index in [-0.39, 0.29) is 6.10 Å². The fraction of sp³-hybridized carbons (Fsp3) is 0.857. The van der Waals surface area contributed by atoms with E-state index in [0.717, 1.165) is 42.9 Å². The van der Waals surface area contributed by atoms with E-state index in [1.54, 1.807) is 0 Å². The van der Waals surface area contributed by atoms with Gasteiger partial charge in [-0.1, -0.05) is 19.4 Å². The van der Waals surface area contributed by atoms with Crippen LogP contribution >= 0.6 is 0 Å². The first-order chi connectivity index (χ1) is 11.0. The molecular weight excluding hydrogens is 282 g/mol. The molecule has 2 heteroatoms. The fourth-order valence-electron chi connectivity index (χ4n) is 7.32. The van der Waals surface area contributed by atoms with Crippen LogP contribution in [-0.2, 0) is 0 Å². The minimum absolute atomic E-state index is 0.0462. The van der Waals surface area contributed by atoms with Crippen molar-refractivity contribution in [1.29, 1.82) is 5.26 Å². The van der Waals surface area contributed by atoms with Crippen molar-refractivity contribution < 1.29 is 5.11 Å². The Balaban J connectivity index is 1.62. The Kier molecular flexibility index (Phi) is 3.65. The molecule has 0 saturated heterocycles. The summed E-state index contributed by atoms with van der Waals surface area (Å²) in [4.78, 5) is 0. The van der Waals surface area contributed by atoms with Crippen molar-refractivity contribution in [2.24, 2.45) is 34.5 Å². The lowest BCUT2D eigenvalue weighted by Gasteiger charge is -2.60. The zero-order chi connectivity index (χ0) is 16.2. The van der Waals surface area contributed by atoms with Crippen LogP contribution in [0.3, 0.4) is 0 Å². The summed E-state index contributed by atoms with van der Waals surface area (Å²) in [5.74, 6) is 3.25. The second kappa shape index (κ2) is 5.35. The van der Waals surface area contributed by atoms with E-state index in [2.05, 4.69) is 19.9 Å². The summed E-state index contributed by atoms with van der Waals surface area (Å²) >= 11 is 0. The number of aliphatic hydroxyl groups is 1. The summed E-state index contributed by atoms with van der Waals surface area (Å²) in [5, 5.41) is 19.2. The molecule has 4 saturated carbocycles. The molecule has 1 N–H and O–H groups in total. The molecule has 0 aromatic rings. The Labute approximate surface area is 141 Å². The molecule has 2 unspecified atom stereocenters. The van der Waals surface area contributed by atoms with Gasteiger partial charge in [0.05, 0.1) is 12.2 Å². The highest BCUT2D eigenvalue weighted by Crippen LogP contribution is 2.66. The minimum Gasteiger partial charge on any atom is -0.393 e. The number of nitriles is 1. The van der Waals surface area contributed by atoms with Crippen molar-refractivity contribution in [2.45, 2.75) is 77.7 Å². The van der Waals surface area contributed by atoms with Gasteiger partial charge in [-0.25, -0.2) is 0 Å². The van der Waals surface area contributed by atoms with Crippen LogP contribution in [0, 0.1) is 45.8 Å². The molecule has 0 amide bonds. The highest BCUT2D eigenvalue weighted by Gasteiger charge is 2.58. The zero-order valence-electron chi connectivity index (χ0n) is 14.7. The maximum Gasteiger partial charge on any atom is 0.0911 e. The predicted molar refractivity (Wildman–Crippen MR) is 91.4 cm³/mol. The van der Waals surface area contributed by atoms with Gasteiger partial charge in [0, 0.05) is 6.08 Å². The van der Waals surface area contributed by atoms with Crippen LogP contribution in [0.4, 0.5) is 0 Å². The quantitative estimate of drug-likeness (QED) is 0.650. The lowest BCUT2D eigenvalue weighted by atomic mass is 9.45. The highest BCUT2D eigenvalue weighted by molar-refractivity contribution is 5.23. The van der Waals surface area contributed by atoms with E-state index in [4.69, 9.17) is 5.26 Å². The molecule has 0 aromatic heterocycles. The first-order valence-electron chi connectivity index (χ1n) is 9.72. The van der Waals surface area contributed by atoms with E-state index < -0.39 is 0 Å². The lowest BCUT2D eigenvalue weighted by Crippen LogP contribution is -2.53. The van der Waals surface area contributed by atoms with Crippen LogP contribution in [0.5, 0.6) is 0 Å². The molecular formula is C21H31NO. The molecule has 0 aliphatic heterocycles. The van der Waals surface area contributed by atoms with Crippen molar-refractivity contribution in [3.05, 3.63) is 11.6 Å². The molecule has 0 aromatic carbocycles. The van der Waals surface area contributed by atoms with Gasteiger partial charge in [-0.15, -0.1) is 0 Å². The van der Waals surface area contributed by atoms with Gasteiger partial charge in [-0.3, -0.25) is 0 Å². The van der Waals surface area contributed by atoms with E-state index in [0.29, 0.717) is 10.8 Å². The largest absolute Gasteiger partial charge is 0.393 e. The van der Waals surface area contributed by atoms with E-state index >= 15 is 0 Å². The standard InChI is InChI=1S/C21H31NO/c1-20-8-6-18-17(19(20)11-14(13-20)7-10-22)4-3-15-12-16(23)5-9-21(15,18)2/h7,15-19,23H,3-6,8-9,11-13H2,1-2H3/t15-,16?,17+,18-,19?,20+,21-/m1/s1. The Morgan fingerprint density at radius 2 is 1.96 bits per heavy atom. The maximum atomic E-state index is 10.1. The Bertz CT molecular complexity index is 561. The van der Waals surface area contributed by atoms with Crippen LogP contribution in [-0.4, -0.2) is 11.2 Å². The first kappa shape index (κ1) is 15.7. The van der Waals surface area contributed by atoms with Crippen LogP contribution in [0.1, 0.15) is 71.6 Å². The topological polar surface area (TPSA) is 44.0 Å². The third-order valence-corrected chi connectivity index (χ3v) is 8.54. The number of hydrogen-bond acceptors (Lipinski definition) is 2. The van der Waals surface area contributed by atoms with Crippen LogP contribution in [0.25, 0.3) is 0 Å². The summed E-state index contributed by atoms with van der Waals surface area (Å²) in [7, 11) is 0. The molecule has 4 rings (SSSR count). The van der Waals surface area contributed by atoms with Gasteiger partial charge in [-0.05, 0) is 92.3 Å². The van der Waals surface area contributed by atoms with Gasteiger partial charge in [0.15, 0.2) is 0 Å². The molecule has 23 heavy (non-hydrogen) atoms. The van der Waals surface area contributed by atoms with E-state index in [1.807, 2.05) is 6.08 Å². The van der Waals surface area contributed by atoms with Gasteiger partial charge in [0.1, 0.15) is 0 Å². The van der Waals surface area contributed by atoms with Gasteiger partial charge in [0.2, 0.25) is 0 Å². The van der Waals surface area contributed by atoms with Crippen LogP contribution < -0.4 is 0 Å². The normalized spacial score (nSPS) is 54.0. The Morgan fingerprint density at radius 1 is 1.13 bits per heavy atom. The molecule has 0 heterocycles. The molecule has 4 fully saturated rings. The third kappa shape index (κ3) is 2.30. The molecule has 4 aliphatic rings. The molecule has 0 bridgehead atoms. The Hall–Kier alpha value is -0.810. The van der Waals surface area contributed by atoms with Crippen LogP contribution in [0.15, 0.2) is 11.6 Å². The molecule has 126 valence electrons. The molecule has 7 atom stereocenters. The van der Waals surface area contributed by atoms with Crippen molar-refractivity contribution in [1.82, 2.24) is 0 Å². The second-order valence-electron chi connectivity index (χ2n) is 9.59. The van der Waals surface area contributed by atoms with Gasteiger partial charge >= 0.3 is 0 Å². The first-order valence-corrected chi connectivity index (χ1v) is 9.72. The summed E-state index contributed by atoms with van der Waals surface area (Å²) in [6, 6.07) is 2.28. The smallest absolute Gasteiger partial charge is 0.0911 e. The van der Waals surface area contributed by atoms with Crippen molar-refractivity contribution >= 4 is 0 Å². The monoisotopic (exact) mass is 313 g/mol. The number of rotatable bonds is 0. The van der Waals surface area contributed by atoms with Gasteiger partial charge in [0.25, 0.3) is 0 Å². The van der Waals surface area contributed by atoms with Gasteiger partial charge in [-0.2, -0.15) is 5.26 Å². The number of aliphatic hydroxyl groups excluding tert-OH is 1. The summed E-state index contributed by atoms with van der Waals surface area (Å²) in [6.07, 6.45) is 12.8. The maximum absolute atomic E-state index is 10.1. The molecule has 0 radical (unpaired) electrons. The van der Waals surface area contributed by atoms with Gasteiger partial charge < -0.3 is 5.11 Å². The predicted octanol–water partition coefficient (Wildman–Crippen LogP) is 4.84. The average Bonchev–Trinajstić information content (AvgIpc) is 2.84. The van der Waals surface area contributed by atoms with Crippen LogP contribution in [0.2, 0.25) is 0 Å². The third-order valence-electron chi connectivity index (χ3n) is 8.54. The fourth-order valence-corrected chi connectivity index (χ4v) is 7.32. The lowest BCUT2D eigenvalue weighted by molar-refractivity contribution is -0.120. The van der Waals surface area contributed by atoms with E-state index in [1.165, 1.54) is 44.1 Å². The van der Waals surface area contributed by atoms with Crippen molar-refractivity contribution in [3.8, 4) is 6.07 Å². The molecule has 4 aliphatic carbocycles. The summed E-state index contributed by atoms with van der Waals surface area (Å²) < 4.78 is 0. The number of allylic oxidation sites excluding steroid dienone is 2. The number of nitrogens with zero attached hydrogens (tertiary/aromatic N) is 1. The van der Waals surface area contributed by atoms with Crippen molar-refractivity contribution in [3.63, 3.8) is 0 Å². The Morgan fingerprint density at radius 3 is 2.74 bits per heavy atom. The summed E-state index contributed by atoms with van der Waals surface area (Å²) in [6.45, 7) is 5.04. The zero-order valence-corrected chi connectivity index (χ0v) is 14.7. The van der Waals surface area contributed by atoms with Crippen molar-refractivity contribution in [2.75, 3.05) is 0 Å². The SMILES string of the molecule is C[C@@]12CC[C@@H]3[C@H](CC[C@@H]4CC(O)CC[C@]43C)C1CC(=CC#N)C2.